The van der Waals surface area contributed by atoms with Crippen molar-refractivity contribution in [2.45, 2.75) is 52.5 Å². The average molecular weight is 561 g/mol. The minimum atomic E-state index is -0.590. The van der Waals surface area contributed by atoms with Crippen molar-refractivity contribution in [3.63, 3.8) is 0 Å². The molecule has 0 radical (unpaired) electrons. The maximum absolute atomic E-state index is 14.0. The van der Waals surface area contributed by atoms with Gasteiger partial charge in [-0.3, -0.25) is 18.9 Å². The van der Waals surface area contributed by atoms with Crippen LogP contribution in [-0.2, 0) is 12.8 Å². The third kappa shape index (κ3) is 6.53. The first kappa shape index (κ1) is 30.1. The van der Waals surface area contributed by atoms with Crippen LogP contribution in [0.3, 0.4) is 0 Å². The van der Waals surface area contributed by atoms with Crippen LogP contribution in [0.25, 0.3) is 22.5 Å². The van der Waals surface area contributed by atoms with Crippen LogP contribution < -0.4 is 11.3 Å². The molecule has 3 aromatic carbocycles. The number of nitrogens with zero attached hydrogens (tertiary/aromatic N) is 3. The Hall–Kier alpha value is -2.88. The van der Waals surface area contributed by atoms with Crippen LogP contribution in [-0.4, -0.2) is 71.1 Å². The van der Waals surface area contributed by atoms with Gasteiger partial charge < -0.3 is 0 Å². The SMILES string of the molecule is CCCCc1nc(C)n(C(C)c2ccccc2)c(=O)c1Cc1ccc(-c2ccccc2-c2noc(=O)[nH]2)cc1.[KH]. The van der Waals surface area contributed by atoms with Crippen molar-refractivity contribution in [3.8, 4) is 22.5 Å². The first-order valence-electron chi connectivity index (χ1n) is 13.4. The molecular weight excluding hydrogens is 527 g/mol. The summed E-state index contributed by atoms with van der Waals surface area (Å²) in [5, 5.41) is 3.85. The Morgan fingerprint density at radius 3 is 2.25 bits per heavy atom. The minimum absolute atomic E-state index is 0. The van der Waals surface area contributed by atoms with E-state index < -0.39 is 5.76 Å². The van der Waals surface area contributed by atoms with E-state index in [1.54, 1.807) is 0 Å². The Morgan fingerprint density at radius 2 is 1.60 bits per heavy atom. The zero-order valence-electron chi connectivity index (χ0n) is 22.5. The summed E-state index contributed by atoms with van der Waals surface area (Å²) in [5.74, 6) is 0.538. The van der Waals surface area contributed by atoms with Gasteiger partial charge in [0.05, 0.1) is 11.7 Å². The molecule has 0 aliphatic carbocycles. The normalized spacial score (nSPS) is 11.7. The summed E-state index contributed by atoms with van der Waals surface area (Å²) in [6.07, 6.45) is 3.31. The number of unbranched alkanes of at least 4 members (excludes halogenated alkanes) is 1. The second-order valence-corrected chi connectivity index (χ2v) is 9.81. The van der Waals surface area contributed by atoms with Gasteiger partial charge >= 0.3 is 57.1 Å². The van der Waals surface area contributed by atoms with Gasteiger partial charge in [0.1, 0.15) is 5.82 Å². The molecule has 8 heteroatoms. The summed E-state index contributed by atoms with van der Waals surface area (Å²) in [6.45, 7) is 6.13. The van der Waals surface area contributed by atoms with Gasteiger partial charge in [-0.15, -0.1) is 0 Å². The predicted octanol–water partition coefficient (Wildman–Crippen LogP) is 5.46. The van der Waals surface area contributed by atoms with E-state index in [1.165, 1.54) is 0 Å². The Morgan fingerprint density at radius 1 is 0.925 bits per heavy atom. The molecule has 200 valence electrons. The third-order valence-corrected chi connectivity index (χ3v) is 7.18. The van der Waals surface area contributed by atoms with Gasteiger partial charge in [-0.25, -0.2) is 9.78 Å². The molecule has 1 atom stereocenters. The van der Waals surface area contributed by atoms with Crippen LogP contribution in [0.4, 0.5) is 0 Å². The fraction of sp³-hybridized carbons (Fsp3) is 0.250. The molecule has 1 unspecified atom stereocenters. The molecule has 1 N–H and O–H groups in total. The van der Waals surface area contributed by atoms with Crippen LogP contribution in [0, 0.1) is 6.92 Å². The van der Waals surface area contributed by atoms with Gasteiger partial charge in [0.25, 0.3) is 5.56 Å². The number of aryl methyl sites for hydroxylation is 2. The molecule has 7 nitrogen and oxygen atoms in total. The number of hydrogen-bond donors (Lipinski definition) is 1. The van der Waals surface area contributed by atoms with E-state index in [0.717, 1.165) is 64.2 Å². The Labute approximate surface area is 276 Å². The van der Waals surface area contributed by atoms with Crippen molar-refractivity contribution in [3.05, 3.63) is 128 Å². The standard InChI is InChI=1S/C32H32N4O3.K.H/c1-4-5-15-29-28(31(37)36(22(3)33-29)21(2)24-11-7-6-8-12-24)20-23-16-18-25(19-17-23)26-13-9-10-14-27(26)30-34-32(38)39-35-30;;/h6-14,16-19,21H,4-5,15,20H2,1-3H3,(H,34,35,38);;. The molecule has 0 fully saturated rings. The zero-order valence-corrected chi connectivity index (χ0v) is 22.5. The van der Waals surface area contributed by atoms with Gasteiger partial charge in [0.15, 0.2) is 5.82 Å². The third-order valence-electron chi connectivity index (χ3n) is 7.18. The molecule has 2 aromatic heterocycles. The van der Waals surface area contributed by atoms with E-state index in [0.29, 0.717) is 12.2 Å². The predicted molar refractivity (Wildman–Crippen MR) is 160 cm³/mol. The van der Waals surface area contributed by atoms with Crippen molar-refractivity contribution in [2.24, 2.45) is 0 Å². The van der Waals surface area contributed by atoms with Gasteiger partial charge in [-0.1, -0.05) is 97.4 Å². The van der Waals surface area contributed by atoms with Gasteiger partial charge in [-0.2, -0.15) is 0 Å². The van der Waals surface area contributed by atoms with Crippen molar-refractivity contribution in [1.82, 2.24) is 19.7 Å². The Kier molecular flexibility index (Phi) is 10.3. The maximum atomic E-state index is 14.0. The number of H-pyrrole nitrogens is 1. The number of nitrogens with one attached hydrogen (secondary N) is 1. The van der Waals surface area contributed by atoms with Crippen molar-refractivity contribution in [1.29, 1.82) is 0 Å². The van der Waals surface area contributed by atoms with E-state index in [9.17, 15) is 9.59 Å². The monoisotopic (exact) mass is 560 g/mol. The molecule has 0 saturated carbocycles. The molecule has 0 bridgehead atoms. The first-order chi connectivity index (χ1) is 19.0. The van der Waals surface area contributed by atoms with E-state index in [4.69, 9.17) is 9.51 Å². The summed E-state index contributed by atoms with van der Waals surface area (Å²) in [7, 11) is 0. The Balaban J connectivity index is 0.00000370. The van der Waals surface area contributed by atoms with Crippen molar-refractivity contribution < 1.29 is 4.52 Å². The van der Waals surface area contributed by atoms with Crippen LogP contribution >= 0.6 is 0 Å². The molecule has 0 amide bonds. The fourth-order valence-electron chi connectivity index (χ4n) is 5.09. The zero-order chi connectivity index (χ0) is 27.4. The number of benzene rings is 3. The van der Waals surface area contributed by atoms with Gasteiger partial charge in [-0.05, 0) is 48.9 Å². The quantitative estimate of drug-likeness (QED) is 0.242. The fourth-order valence-corrected chi connectivity index (χ4v) is 5.09. The van der Waals surface area contributed by atoms with Gasteiger partial charge in [0.2, 0.25) is 0 Å². The molecule has 0 saturated heterocycles. The Bertz CT molecular complexity index is 1690. The molecule has 5 aromatic rings. The van der Waals surface area contributed by atoms with E-state index in [1.807, 2.05) is 90.4 Å². The second-order valence-electron chi connectivity index (χ2n) is 9.81. The molecule has 2 heterocycles. The van der Waals surface area contributed by atoms with Crippen molar-refractivity contribution >= 4 is 51.4 Å². The second kappa shape index (κ2) is 13.7. The summed E-state index contributed by atoms with van der Waals surface area (Å²) in [4.78, 5) is 33.0. The summed E-state index contributed by atoms with van der Waals surface area (Å²) < 4.78 is 6.53. The van der Waals surface area contributed by atoms with E-state index >= 15 is 0 Å². The number of aromatic amines is 1. The molecule has 40 heavy (non-hydrogen) atoms. The topological polar surface area (TPSA) is 93.8 Å². The molecule has 0 aliphatic heterocycles. The number of aromatic nitrogens is 4. The first-order valence-corrected chi connectivity index (χ1v) is 13.4. The number of rotatable bonds is 9. The van der Waals surface area contributed by atoms with Crippen LogP contribution in [0.2, 0.25) is 0 Å². The van der Waals surface area contributed by atoms with E-state index in [2.05, 4.69) is 24.0 Å². The molecular formula is C32H33KN4O3. The van der Waals surface area contributed by atoms with Crippen LogP contribution in [0.5, 0.6) is 0 Å². The summed E-state index contributed by atoms with van der Waals surface area (Å²) in [6, 6.07) is 25.8. The van der Waals surface area contributed by atoms with Crippen molar-refractivity contribution in [2.75, 3.05) is 0 Å². The van der Waals surface area contributed by atoms with E-state index in [-0.39, 0.29) is 63.0 Å². The summed E-state index contributed by atoms with van der Waals surface area (Å²) >= 11 is 0. The number of hydrogen-bond acceptors (Lipinski definition) is 5. The van der Waals surface area contributed by atoms with Crippen LogP contribution in [0.15, 0.2) is 93.0 Å². The molecule has 0 spiro atoms. The van der Waals surface area contributed by atoms with Gasteiger partial charge in [0, 0.05) is 17.5 Å². The summed E-state index contributed by atoms with van der Waals surface area (Å²) in [5.41, 5.74) is 6.45. The van der Waals surface area contributed by atoms with Crippen LogP contribution in [0.1, 0.15) is 60.9 Å². The molecule has 5 rings (SSSR count). The molecule has 0 aliphatic rings. The average Bonchev–Trinajstić information content (AvgIpc) is 3.40.